The summed E-state index contributed by atoms with van der Waals surface area (Å²) in [6.07, 6.45) is 1.02. The van der Waals surface area contributed by atoms with E-state index in [0.29, 0.717) is 26.2 Å². The molecule has 0 radical (unpaired) electrons. The summed E-state index contributed by atoms with van der Waals surface area (Å²) in [6, 6.07) is 5.34. The van der Waals surface area contributed by atoms with Crippen LogP contribution >= 0.6 is 0 Å². The Morgan fingerprint density at radius 2 is 1.95 bits per heavy atom. The molecule has 0 N–H and O–H groups in total. The third-order valence-electron chi connectivity index (χ3n) is 3.58. The summed E-state index contributed by atoms with van der Waals surface area (Å²) < 4.78 is 40.1. The lowest BCUT2D eigenvalue weighted by atomic mass is 10.2. The molecular formula is C14H18FN3O2S. The number of benzene rings is 1. The Morgan fingerprint density at radius 1 is 1.29 bits per heavy atom. The lowest BCUT2D eigenvalue weighted by Gasteiger charge is -2.33. The van der Waals surface area contributed by atoms with Gasteiger partial charge in [0.25, 0.3) is 0 Å². The molecule has 0 atom stereocenters. The van der Waals surface area contributed by atoms with Crippen LogP contribution in [0.3, 0.4) is 0 Å². The lowest BCUT2D eigenvalue weighted by molar-refractivity contribution is 0.188. The number of piperazine rings is 1. The van der Waals surface area contributed by atoms with Gasteiger partial charge in [-0.2, -0.15) is 9.57 Å². The maximum Gasteiger partial charge on any atom is 0.244 e. The van der Waals surface area contributed by atoms with E-state index in [2.05, 4.69) is 11.8 Å². The highest BCUT2D eigenvalue weighted by Crippen LogP contribution is 2.23. The SMILES string of the molecule is CCCN1CCN(S(=O)(=O)c2cccc(F)c2C#N)CC1. The summed E-state index contributed by atoms with van der Waals surface area (Å²) >= 11 is 0. The van der Waals surface area contributed by atoms with Crippen molar-refractivity contribution in [2.24, 2.45) is 0 Å². The number of halogens is 1. The Kier molecular flexibility index (Phi) is 4.93. The van der Waals surface area contributed by atoms with Gasteiger partial charge in [-0.25, -0.2) is 12.8 Å². The second-order valence-corrected chi connectivity index (χ2v) is 6.88. The minimum atomic E-state index is -3.82. The molecule has 1 aliphatic heterocycles. The average molecular weight is 311 g/mol. The molecule has 5 nitrogen and oxygen atoms in total. The molecule has 0 aromatic heterocycles. The van der Waals surface area contributed by atoms with Crippen LogP contribution < -0.4 is 0 Å². The maximum atomic E-state index is 13.6. The Hall–Kier alpha value is -1.49. The van der Waals surface area contributed by atoms with Crippen molar-refractivity contribution >= 4 is 10.0 Å². The van der Waals surface area contributed by atoms with Gasteiger partial charge in [-0.3, -0.25) is 0 Å². The second kappa shape index (κ2) is 6.52. The first-order chi connectivity index (χ1) is 10.0. The van der Waals surface area contributed by atoms with E-state index in [1.807, 2.05) is 0 Å². The van der Waals surface area contributed by atoms with Crippen LogP contribution in [-0.4, -0.2) is 50.3 Å². The normalized spacial score (nSPS) is 17.6. The second-order valence-electron chi connectivity index (χ2n) is 4.97. The molecule has 2 rings (SSSR count). The lowest BCUT2D eigenvalue weighted by Crippen LogP contribution is -2.48. The monoisotopic (exact) mass is 311 g/mol. The highest BCUT2D eigenvalue weighted by atomic mass is 32.2. The Balaban J connectivity index is 2.25. The minimum Gasteiger partial charge on any atom is -0.301 e. The van der Waals surface area contributed by atoms with E-state index in [1.54, 1.807) is 6.07 Å². The standard InChI is InChI=1S/C14H18FN3O2S/c1-2-6-17-7-9-18(10-8-17)21(19,20)14-5-3-4-13(15)12(14)11-16/h3-5H,2,6-10H2,1H3. The van der Waals surface area contributed by atoms with Crippen LogP contribution in [0.5, 0.6) is 0 Å². The van der Waals surface area contributed by atoms with E-state index >= 15 is 0 Å². The quantitative estimate of drug-likeness (QED) is 0.843. The number of hydrogen-bond donors (Lipinski definition) is 0. The Labute approximate surface area is 124 Å². The van der Waals surface area contributed by atoms with Gasteiger partial charge in [-0.05, 0) is 25.1 Å². The van der Waals surface area contributed by atoms with Crippen molar-refractivity contribution in [1.29, 1.82) is 5.26 Å². The molecule has 0 aliphatic carbocycles. The van der Waals surface area contributed by atoms with Gasteiger partial charge < -0.3 is 4.90 Å². The van der Waals surface area contributed by atoms with E-state index in [1.165, 1.54) is 16.4 Å². The molecule has 1 saturated heterocycles. The average Bonchev–Trinajstić information content (AvgIpc) is 2.48. The van der Waals surface area contributed by atoms with Crippen LogP contribution in [-0.2, 0) is 10.0 Å². The summed E-state index contributed by atoms with van der Waals surface area (Å²) in [6.45, 7) is 5.06. The van der Waals surface area contributed by atoms with Gasteiger partial charge in [-0.15, -0.1) is 0 Å². The van der Waals surface area contributed by atoms with Gasteiger partial charge in [0.1, 0.15) is 22.3 Å². The van der Waals surface area contributed by atoms with Crippen molar-refractivity contribution in [2.45, 2.75) is 18.2 Å². The minimum absolute atomic E-state index is 0.242. The summed E-state index contributed by atoms with van der Waals surface area (Å²) in [4.78, 5) is 1.96. The molecule has 0 bridgehead atoms. The molecule has 1 fully saturated rings. The van der Waals surface area contributed by atoms with E-state index in [9.17, 15) is 12.8 Å². The van der Waals surface area contributed by atoms with Crippen molar-refractivity contribution in [3.05, 3.63) is 29.6 Å². The van der Waals surface area contributed by atoms with E-state index in [0.717, 1.165) is 19.0 Å². The van der Waals surface area contributed by atoms with E-state index in [-0.39, 0.29) is 4.90 Å². The van der Waals surface area contributed by atoms with Crippen molar-refractivity contribution in [3.63, 3.8) is 0 Å². The first kappa shape index (κ1) is 15.9. The molecule has 114 valence electrons. The smallest absolute Gasteiger partial charge is 0.244 e. The molecule has 1 aromatic carbocycles. The number of nitrogens with zero attached hydrogens (tertiary/aromatic N) is 3. The molecule has 0 spiro atoms. The predicted molar refractivity (Wildman–Crippen MR) is 76.6 cm³/mol. The molecular weight excluding hydrogens is 293 g/mol. The van der Waals surface area contributed by atoms with Gasteiger partial charge >= 0.3 is 0 Å². The van der Waals surface area contributed by atoms with Crippen LogP contribution in [0.25, 0.3) is 0 Å². The Morgan fingerprint density at radius 3 is 2.52 bits per heavy atom. The van der Waals surface area contributed by atoms with Crippen LogP contribution in [0.4, 0.5) is 4.39 Å². The number of hydrogen-bond acceptors (Lipinski definition) is 4. The third-order valence-corrected chi connectivity index (χ3v) is 5.52. The molecule has 1 aliphatic rings. The van der Waals surface area contributed by atoms with E-state index < -0.39 is 21.4 Å². The zero-order valence-corrected chi connectivity index (χ0v) is 12.7. The van der Waals surface area contributed by atoms with E-state index in [4.69, 9.17) is 5.26 Å². The predicted octanol–water partition coefficient (Wildman–Crippen LogP) is 1.41. The molecule has 0 saturated carbocycles. The Bertz CT molecular complexity index is 647. The van der Waals surface area contributed by atoms with Gasteiger partial charge in [0.05, 0.1) is 0 Å². The summed E-state index contributed by atoms with van der Waals surface area (Å²) in [5.41, 5.74) is -0.409. The largest absolute Gasteiger partial charge is 0.301 e. The molecule has 21 heavy (non-hydrogen) atoms. The summed E-state index contributed by atoms with van der Waals surface area (Å²) in [5.74, 6) is -0.803. The highest BCUT2D eigenvalue weighted by molar-refractivity contribution is 7.89. The van der Waals surface area contributed by atoms with Gasteiger partial charge in [0.15, 0.2) is 0 Å². The first-order valence-electron chi connectivity index (χ1n) is 6.91. The highest BCUT2D eigenvalue weighted by Gasteiger charge is 2.31. The van der Waals surface area contributed by atoms with Gasteiger partial charge in [0.2, 0.25) is 10.0 Å². The zero-order valence-electron chi connectivity index (χ0n) is 11.9. The zero-order chi connectivity index (χ0) is 15.5. The molecule has 1 heterocycles. The van der Waals surface area contributed by atoms with Crippen molar-refractivity contribution in [3.8, 4) is 6.07 Å². The fourth-order valence-electron chi connectivity index (χ4n) is 2.48. The summed E-state index contributed by atoms with van der Waals surface area (Å²) in [7, 11) is -3.82. The fraction of sp³-hybridized carbons (Fsp3) is 0.500. The maximum absolute atomic E-state index is 13.6. The fourth-order valence-corrected chi connectivity index (χ4v) is 4.05. The summed E-state index contributed by atoms with van der Waals surface area (Å²) in [5, 5.41) is 8.99. The first-order valence-corrected chi connectivity index (χ1v) is 8.35. The topological polar surface area (TPSA) is 64.4 Å². The van der Waals surface area contributed by atoms with Crippen molar-refractivity contribution < 1.29 is 12.8 Å². The third kappa shape index (κ3) is 3.23. The molecule has 1 aromatic rings. The number of sulfonamides is 1. The van der Waals surface area contributed by atoms with Gasteiger partial charge in [0, 0.05) is 26.2 Å². The van der Waals surface area contributed by atoms with Crippen molar-refractivity contribution in [1.82, 2.24) is 9.21 Å². The van der Waals surface area contributed by atoms with Crippen molar-refractivity contribution in [2.75, 3.05) is 32.7 Å². The van der Waals surface area contributed by atoms with Crippen LogP contribution in [0.2, 0.25) is 0 Å². The van der Waals surface area contributed by atoms with Crippen LogP contribution in [0.1, 0.15) is 18.9 Å². The van der Waals surface area contributed by atoms with Gasteiger partial charge in [-0.1, -0.05) is 13.0 Å². The number of nitriles is 1. The molecule has 0 amide bonds. The molecule has 0 unspecified atom stereocenters. The van der Waals surface area contributed by atoms with Crippen LogP contribution in [0, 0.1) is 17.1 Å². The number of rotatable bonds is 4. The van der Waals surface area contributed by atoms with Crippen LogP contribution in [0.15, 0.2) is 23.1 Å². The molecule has 7 heteroatoms.